The molecule has 1 amide bonds. The van der Waals surface area contributed by atoms with E-state index in [-0.39, 0.29) is 18.9 Å². The Morgan fingerprint density at radius 3 is 2.56 bits per heavy atom. The van der Waals surface area contributed by atoms with Crippen LogP contribution >= 0.6 is 11.3 Å². The first-order valence-corrected chi connectivity index (χ1v) is 11.3. The molecule has 1 aromatic heterocycles. The van der Waals surface area contributed by atoms with Gasteiger partial charge in [0.1, 0.15) is 18.0 Å². The molecular formula is C24H28N2O5S. The number of nitrogens with zero attached hydrogens (tertiary/aromatic N) is 2. The van der Waals surface area contributed by atoms with Gasteiger partial charge in [-0.2, -0.15) is 4.99 Å². The zero-order valence-corrected chi connectivity index (χ0v) is 19.7. The summed E-state index contributed by atoms with van der Waals surface area (Å²) in [6.07, 6.45) is 3.29. The van der Waals surface area contributed by atoms with Gasteiger partial charge in [-0.15, -0.1) is 0 Å². The molecule has 0 aliphatic heterocycles. The minimum atomic E-state index is -0.398. The van der Waals surface area contributed by atoms with Gasteiger partial charge in [0.25, 0.3) is 5.91 Å². The van der Waals surface area contributed by atoms with E-state index in [1.54, 1.807) is 37.0 Å². The van der Waals surface area contributed by atoms with Gasteiger partial charge in [0.2, 0.25) is 0 Å². The van der Waals surface area contributed by atoms with Gasteiger partial charge in [-0.3, -0.25) is 9.59 Å². The molecule has 0 fully saturated rings. The van der Waals surface area contributed by atoms with Crippen molar-refractivity contribution in [2.45, 2.75) is 39.2 Å². The Bertz CT molecular complexity index is 1180. The quantitative estimate of drug-likeness (QED) is 0.456. The van der Waals surface area contributed by atoms with E-state index in [1.807, 2.05) is 6.07 Å². The fourth-order valence-electron chi connectivity index (χ4n) is 3.39. The molecular weight excluding hydrogens is 428 g/mol. The minimum absolute atomic E-state index is 0.0111. The van der Waals surface area contributed by atoms with Crippen LogP contribution in [-0.4, -0.2) is 37.8 Å². The van der Waals surface area contributed by atoms with Crippen molar-refractivity contribution in [3.8, 4) is 11.5 Å². The van der Waals surface area contributed by atoms with Crippen molar-refractivity contribution in [1.29, 1.82) is 0 Å². The molecule has 0 N–H and O–H groups in total. The van der Waals surface area contributed by atoms with Crippen molar-refractivity contribution in [2.75, 3.05) is 21.3 Å². The number of amides is 1. The molecule has 0 saturated carbocycles. The zero-order chi connectivity index (χ0) is 23.1. The third-order valence-electron chi connectivity index (χ3n) is 5.14. The maximum absolute atomic E-state index is 12.8. The molecule has 1 heterocycles. The molecule has 0 aliphatic carbocycles. The molecule has 0 saturated heterocycles. The van der Waals surface area contributed by atoms with Gasteiger partial charge in [-0.05, 0) is 36.6 Å². The topological polar surface area (TPSA) is 79.1 Å². The molecule has 8 heteroatoms. The Labute approximate surface area is 191 Å². The van der Waals surface area contributed by atoms with Crippen LogP contribution in [0.4, 0.5) is 0 Å². The monoisotopic (exact) mass is 456 g/mol. The molecule has 170 valence electrons. The van der Waals surface area contributed by atoms with Crippen LogP contribution in [0.5, 0.6) is 11.5 Å². The maximum atomic E-state index is 12.8. The SMILES string of the molecule is CCCCc1ccc2c(c1)sc(=NC(=O)Cc1ccc(OC)cc1OC)n2CC(=O)OC. The summed E-state index contributed by atoms with van der Waals surface area (Å²) >= 11 is 1.40. The van der Waals surface area contributed by atoms with E-state index < -0.39 is 5.97 Å². The standard InChI is InChI=1S/C24H28N2O5S/c1-5-6-7-16-8-11-19-21(12-16)32-24(26(19)15-23(28)31-4)25-22(27)13-17-9-10-18(29-2)14-20(17)30-3/h8-12,14H,5-7,13,15H2,1-4H3. The highest BCUT2D eigenvalue weighted by atomic mass is 32.1. The number of esters is 1. The molecule has 0 unspecified atom stereocenters. The fourth-order valence-corrected chi connectivity index (χ4v) is 4.50. The molecule has 0 aliphatic rings. The lowest BCUT2D eigenvalue weighted by atomic mass is 10.1. The summed E-state index contributed by atoms with van der Waals surface area (Å²) in [5, 5.41) is 0. The Kier molecular flexibility index (Phi) is 8.05. The summed E-state index contributed by atoms with van der Waals surface area (Å²) < 4.78 is 18.2. The molecule has 3 rings (SSSR count). The Morgan fingerprint density at radius 2 is 1.88 bits per heavy atom. The number of methoxy groups -OCH3 is 3. The van der Waals surface area contributed by atoms with Crippen LogP contribution in [0.25, 0.3) is 10.2 Å². The van der Waals surface area contributed by atoms with Crippen LogP contribution in [0.2, 0.25) is 0 Å². The van der Waals surface area contributed by atoms with Gasteiger partial charge in [-0.25, -0.2) is 0 Å². The first kappa shape index (κ1) is 23.5. The van der Waals surface area contributed by atoms with Gasteiger partial charge in [0.05, 0.1) is 38.0 Å². The normalized spacial score (nSPS) is 11.6. The predicted octanol–water partition coefficient (Wildman–Crippen LogP) is 3.91. The van der Waals surface area contributed by atoms with E-state index >= 15 is 0 Å². The average molecular weight is 457 g/mol. The summed E-state index contributed by atoms with van der Waals surface area (Å²) in [6, 6.07) is 11.5. The van der Waals surface area contributed by atoms with Crippen LogP contribution < -0.4 is 14.3 Å². The van der Waals surface area contributed by atoms with Crippen molar-refractivity contribution >= 4 is 33.4 Å². The number of unbranched alkanes of at least 4 members (excludes halogenated alkanes) is 1. The van der Waals surface area contributed by atoms with Gasteiger partial charge in [0, 0.05) is 11.6 Å². The number of fused-ring (bicyclic) bond motifs is 1. The van der Waals surface area contributed by atoms with Crippen LogP contribution in [0.15, 0.2) is 41.4 Å². The number of carbonyl (C=O) groups is 2. The number of hydrogen-bond donors (Lipinski definition) is 0. The highest BCUT2D eigenvalue weighted by Crippen LogP contribution is 2.25. The van der Waals surface area contributed by atoms with Crippen LogP contribution in [0.1, 0.15) is 30.9 Å². The van der Waals surface area contributed by atoms with Crippen molar-refractivity contribution in [1.82, 2.24) is 4.57 Å². The molecule has 0 radical (unpaired) electrons. The lowest BCUT2D eigenvalue weighted by molar-refractivity contribution is -0.141. The van der Waals surface area contributed by atoms with Gasteiger partial charge >= 0.3 is 5.97 Å². The number of rotatable bonds is 9. The van der Waals surface area contributed by atoms with Gasteiger partial charge < -0.3 is 18.8 Å². The number of benzene rings is 2. The second kappa shape index (κ2) is 10.9. The minimum Gasteiger partial charge on any atom is -0.497 e. The van der Waals surface area contributed by atoms with Gasteiger partial charge in [0.15, 0.2) is 4.80 Å². The third kappa shape index (κ3) is 5.56. The second-order valence-electron chi connectivity index (χ2n) is 7.31. The lowest BCUT2D eigenvalue weighted by Crippen LogP contribution is -2.22. The maximum Gasteiger partial charge on any atom is 0.325 e. The third-order valence-corrected chi connectivity index (χ3v) is 6.18. The fraction of sp³-hybridized carbons (Fsp3) is 0.375. The molecule has 3 aromatic rings. The van der Waals surface area contributed by atoms with E-state index in [9.17, 15) is 9.59 Å². The Morgan fingerprint density at radius 1 is 1.06 bits per heavy atom. The molecule has 0 atom stereocenters. The lowest BCUT2D eigenvalue weighted by Gasteiger charge is -2.08. The van der Waals surface area contributed by atoms with Crippen LogP contribution in [0, 0.1) is 0 Å². The molecule has 2 aromatic carbocycles. The van der Waals surface area contributed by atoms with Crippen molar-refractivity contribution < 1.29 is 23.8 Å². The number of aryl methyl sites for hydroxylation is 1. The zero-order valence-electron chi connectivity index (χ0n) is 18.8. The summed E-state index contributed by atoms with van der Waals surface area (Å²) in [5.41, 5.74) is 2.80. The van der Waals surface area contributed by atoms with Gasteiger partial charge in [-0.1, -0.05) is 36.8 Å². The average Bonchev–Trinajstić information content (AvgIpc) is 3.13. The Hall–Kier alpha value is -3.13. The molecule has 0 bridgehead atoms. The molecule has 32 heavy (non-hydrogen) atoms. The predicted molar refractivity (Wildman–Crippen MR) is 124 cm³/mol. The number of carbonyl (C=O) groups excluding carboxylic acids is 2. The highest BCUT2D eigenvalue weighted by molar-refractivity contribution is 7.16. The van der Waals surface area contributed by atoms with Crippen molar-refractivity contribution in [3.05, 3.63) is 52.3 Å². The van der Waals surface area contributed by atoms with Crippen LogP contribution in [0.3, 0.4) is 0 Å². The van der Waals surface area contributed by atoms with Crippen LogP contribution in [-0.2, 0) is 33.7 Å². The summed E-state index contributed by atoms with van der Waals surface area (Å²) in [4.78, 5) is 29.6. The number of aromatic nitrogens is 1. The smallest absolute Gasteiger partial charge is 0.325 e. The van der Waals surface area contributed by atoms with E-state index in [1.165, 1.54) is 24.0 Å². The molecule has 0 spiro atoms. The number of hydrogen-bond acceptors (Lipinski definition) is 6. The first-order valence-electron chi connectivity index (χ1n) is 10.5. The summed E-state index contributed by atoms with van der Waals surface area (Å²) in [5.74, 6) is 0.483. The largest absolute Gasteiger partial charge is 0.497 e. The first-order chi connectivity index (χ1) is 15.5. The highest BCUT2D eigenvalue weighted by Gasteiger charge is 2.14. The van der Waals surface area contributed by atoms with E-state index in [4.69, 9.17) is 14.2 Å². The number of thiazole rings is 1. The number of ether oxygens (including phenoxy) is 3. The van der Waals surface area contributed by atoms with Crippen molar-refractivity contribution in [3.63, 3.8) is 0 Å². The molecule has 7 nitrogen and oxygen atoms in total. The van der Waals surface area contributed by atoms with E-state index in [2.05, 4.69) is 24.0 Å². The Balaban J connectivity index is 1.98. The van der Waals surface area contributed by atoms with E-state index in [0.717, 1.165) is 29.5 Å². The summed E-state index contributed by atoms with van der Waals surface area (Å²) in [7, 11) is 4.47. The second-order valence-corrected chi connectivity index (χ2v) is 8.32. The van der Waals surface area contributed by atoms with Crippen molar-refractivity contribution in [2.24, 2.45) is 4.99 Å². The van der Waals surface area contributed by atoms with E-state index in [0.29, 0.717) is 21.9 Å². The summed E-state index contributed by atoms with van der Waals surface area (Å²) in [6.45, 7) is 2.15.